The molecule has 0 aliphatic carbocycles. The van der Waals surface area contributed by atoms with Crippen molar-refractivity contribution in [2.24, 2.45) is 5.73 Å². The largest absolute Gasteiger partial charge is 0.393 e. The van der Waals surface area contributed by atoms with E-state index >= 15 is 0 Å². The smallest absolute Gasteiger partial charge is 0.0512 e. The molecule has 1 atom stereocenters. The molecule has 0 unspecified atom stereocenters. The minimum atomic E-state index is -0.136. The first kappa shape index (κ1) is 8.92. The molecule has 0 saturated carbocycles. The third-order valence-corrected chi connectivity index (χ3v) is 1.33. The topological polar surface area (TPSA) is 46.2 Å². The summed E-state index contributed by atoms with van der Waals surface area (Å²) in [5.74, 6) is 0. The summed E-state index contributed by atoms with van der Waals surface area (Å²) in [4.78, 5) is 0. The van der Waals surface area contributed by atoms with Crippen LogP contribution < -0.4 is 5.73 Å². The van der Waals surface area contributed by atoms with Crippen molar-refractivity contribution in [3.8, 4) is 0 Å². The van der Waals surface area contributed by atoms with Gasteiger partial charge in [0.05, 0.1) is 6.10 Å². The van der Waals surface area contributed by atoms with E-state index in [1.165, 1.54) is 0 Å². The fraction of sp³-hybridized carbons (Fsp3) is 1.00. The van der Waals surface area contributed by atoms with Crippen LogP contribution in [0.1, 0.15) is 32.6 Å². The molecule has 0 aliphatic rings. The Balaban J connectivity index is 2.75. The Labute approximate surface area is 57.1 Å². The van der Waals surface area contributed by atoms with Gasteiger partial charge in [-0.3, -0.25) is 0 Å². The van der Waals surface area contributed by atoms with E-state index in [0.717, 1.165) is 32.2 Å². The number of hydrogen-bond donors (Lipinski definition) is 2. The van der Waals surface area contributed by atoms with Crippen molar-refractivity contribution < 1.29 is 5.11 Å². The highest BCUT2D eigenvalue weighted by atomic mass is 16.3. The Morgan fingerprint density at radius 3 is 2.44 bits per heavy atom. The molecular weight excluding hydrogens is 114 g/mol. The van der Waals surface area contributed by atoms with E-state index in [0.29, 0.717) is 0 Å². The van der Waals surface area contributed by atoms with Crippen molar-refractivity contribution in [2.75, 3.05) is 6.54 Å². The zero-order chi connectivity index (χ0) is 7.11. The molecule has 2 heteroatoms. The quantitative estimate of drug-likeness (QED) is 0.544. The minimum Gasteiger partial charge on any atom is -0.393 e. The van der Waals surface area contributed by atoms with Gasteiger partial charge in [0, 0.05) is 0 Å². The molecule has 3 N–H and O–H groups in total. The molecule has 0 saturated heterocycles. The average Bonchev–Trinajstić information content (AvgIpc) is 1.80. The molecule has 0 amide bonds. The number of aliphatic hydroxyl groups excluding tert-OH is 1. The van der Waals surface area contributed by atoms with Gasteiger partial charge < -0.3 is 10.8 Å². The molecule has 0 aromatic heterocycles. The maximum atomic E-state index is 8.82. The van der Waals surface area contributed by atoms with Crippen molar-refractivity contribution in [3.05, 3.63) is 0 Å². The summed E-state index contributed by atoms with van der Waals surface area (Å²) >= 11 is 0. The first-order valence-corrected chi connectivity index (χ1v) is 3.65. The van der Waals surface area contributed by atoms with Crippen LogP contribution in [0.25, 0.3) is 0 Å². The standard InChI is InChI=1S/C7H17NO/c1-7(9)5-3-2-4-6-8/h7,9H,2-6,8H2,1H3/t7-/m1/s1. The predicted molar refractivity (Wildman–Crippen MR) is 39.2 cm³/mol. The fourth-order valence-electron chi connectivity index (χ4n) is 0.761. The van der Waals surface area contributed by atoms with E-state index < -0.39 is 0 Å². The molecule has 0 radical (unpaired) electrons. The third kappa shape index (κ3) is 7.92. The molecule has 0 aliphatic heterocycles. The molecule has 0 aromatic carbocycles. The Kier molecular flexibility index (Phi) is 5.99. The van der Waals surface area contributed by atoms with Crippen molar-refractivity contribution in [1.82, 2.24) is 0 Å². The van der Waals surface area contributed by atoms with Gasteiger partial charge >= 0.3 is 0 Å². The highest BCUT2D eigenvalue weighted by Gasteiger charge is 1.93. The van der Waals surface area contributed by atoms with Gasteiger partial charge in [0.25, 0.3) is 0 Å². The van der Waals surface area contributed by atoms with E-state index in [2.05, 4.69) is 0 Å². The van der Waals surface area contributed by atoms with Crippen LogP contribution in [0.3, 0.4) is 0 Å². The highest BCUT2D eigenvalue weighted by molar-refractivity contribution is 4.48. The van der Waals surface area contributed by atoms with Crippen molar-refractivity contribution >= 4 is 0 Å². The van der Waals surface area contributed by atoms with Crippen LogP contribution in [0, 0.1) is 0 Å². The van der Waals surface area contributed by atoms with Crippen LogP contribution >= 0.6 is 0 Å². The molecule has 2 nitrogen and oxygen atoms in total. The molecule has 0 fully saturated rings. The Hall–Kier alpha value is -0.0800. The van der Waals surface area contributed by atoms with Crippen LogP contribution in [-0.4, -0.2) is 17.8 Å². The SMILES string of the molecule is C[C@@H](O)CCCCCN. The first-order chi connectivity index (χ1) is 4.27. The van der Waals surface area contributed by atoms with Gasteiger partial charge in [-0.25, -0.2) is 0 Å². The number of unbranched alkanes of at least 4 members (excludes halogenated alkanes) is 2. The van der Waals surface area contributed by atoms with E-state index in [1.807, 2.05) is 6.92 Å². The maximum Gasteiger partial charge on any atom is 0.0512 e. The van der Waals surface area contributed by atoms with Gasteiger partial charge in [-0.05, 0) is 26.3 Å². The number of nitrogens with two attached hydrogens (primary N) is 1. The van der Waals surface area contributed by atoms with E-state index in [1.54, 1.807) is 0 Å². The number of hydrogen-bond acceptors (Lipinski definition) is 2. The average molecular weight is 131 g/mol. The van der Waals surface area contributed by atoms with E-state index in [4.69, 9.17) is 10.8 Å². The second-order valence-electron chi connectivity index (χ2n) is 2.49. The molecule has 0 spiro atoms. The Morgan fingerprint density at radius 2 is 2.00 bits per heavy atom. The molecule has 56 valence electrons. The number of rotatable bonds is 5. The second kappa shape index (κ2) is 6.05. The van der Waals surface area contributed by atoms with Crippen LogP contribution in [0.4, 0.5) is 0 Å². The molecule has 0 heterocycles. The zero-order valence-corrected chi connectivity index (χ0v) is 6.14. The van der Waals surface area contributed by atoms with Crippen LogP contribution in [0.5, 0.6) is 0 Å². The third-order valence-electron chi connectivity index (χ3n) is 1.33. The van der Waals surface area contributed by atoms with E-state index in [9.17, 15) is 0 Å². The monoisotopic (exact) mass is 131 g/mol. The lowest BCUT2D eigenvalue weighted by atomic mass is 10.1. The summed E-state index contributed by atoms with van der Waals surface area (Å²) in [7, 11) is 0. The summed E-state index contributed by atoms with van der Waals surface area (Å²) in [6, 6.07) is 0. The van der Waals surface area contributed by atoms with Gasteiger partial charge in [-0.15, -0.1) is 0 Å². The summed E-state index contributed by atoms with van der Waals surface area (Å²) in [6.07, 6.45) is 4.13. The van der Waals surface area contributed by atoms with Gasteiger partial charge in [0.2, 0.25) is 0 Å². The number of aliphatic hydroxyl groups is 1. The Bertz CT molecular complexity index is 54.9. The molecule has 0 rings (SSSR count). The lowest BCUT2D eigenvalue weighted by molar-refractivity contribution is 0.180. The normalized spacial score (nSPS) is 13.7. The predicted octanol–water partition coefficient (Wildman–Crippen LogP) is 0.886. The van der Waals surface area contributed by atoms with Crippen LogP contribution in [0.15, 0.2) is 0 Å². The van der Waals surface area contributed by atoms with E-state index in [-0.39, 0.29) is 6.10 Å². The van der Waals surface area contributed by atoms with Gasteiger partial charge in [0.15, 0.2) is 0 Å². The summed E-state index contributed by atoms with van der Waals surface area (Å²) < 4.78 is 0. The zero-order valence-electron chi connectivity index (χ0n) is 6.14. The molecule has 9 heavy (non-hydrogen) atoms. The molecule has 0 bridgehead atoms. The minimum absolute atomic E-state index is 0.136. The fourth-order valence-corrected chi connectivity index (χ4v) is 0.761. The molecular formula is C7H17NO. The van der Waals surface area contributed by atoms with Crippen molar-refractivity contribution in [2.45, 2.75) is 38.7 Å². The van der Waals surface area contributed by atoms with Gasteiger partial charge in [-0.1, -0.05) is 12.8 Å². The van der Waals surface area contributed by atoms with Gasteiger partial charge in [0.1, 0.15) is 0 Å². The van der Waals surface area contributed by atoms with Crippen LogP contribution in [-0.2, 0) is 0 Å². The second-order valence-corrected chi connectivity index (χ2v) is 2.49. The highest BCUT2D eigenvalue weighted by Crippen LogP contribution is 2.01. The summed E-state index contributed by atoms with van der Waals surface area (Å²) in [6.45, 7) is 2.60. The summed E-state index contributed by atoms with van der Waals surface area (Å²) in [5.41, 5.74) is 5.28. The first-order valence-electron chi connectivity index (χ1n) is 3.65. The maximum absolute atomic E-state index is 8.82. The Morgan fingerprint density at radius 1 is 1.33 bits per heavy atom. The van der Waals surface area contributed by atoms with Gasteiger partial charge in [-0.2, -0.15) is 0 Å². The van der Waals surface area contributed by atoms with Crippen molar-refractivity contribution in [3.63, 3.8) is 0 Å². The van der Waals surface area contributed by atoms with Crippen LogP contribution in [0.2, 0.25) is 0 Å². The van der Waals surface area contributed by atoms with Crippen molar-refractivity contribution in [1.29, 1.82) is 0 Å². The summed E-state index contributed by atoms with van der Waals surface area (Å²) in [5, 5.41) is 8.82. The lowest BCUT2D eigenvalue weighted by Gasteiger charge is -2.01. The lowest BCUT2D eigenvalue weighted by Crippen LogP contribution is -2.01. The molecule has 0 aromatic rings.